The number of hydrogen-bond acceptors (Lipinski definition) is 3. The molecule has 3 nitrogen and oxygen atoms in total. The minimum absolute atomic E-state index is 0.528. The predicted molar refractivity (Wildman–Crippen MR) is 57.7 cm³/mol. The van der Waals surface area contributed by atoms with Gasteiger partial charge in [0.05, 0.1) is 0 Å². The first-order valence-corrected chi connectivity index (χ1v) is 4.57. The highest BCUT2D eigenvalue weighted by Gasteiger charge is 2.04. The Morgan fingerprint density at radius 3 is 2.79 bits per heavy atom. The van der Waals surface area contributed by atoms with E-state index in [0.717, 1.165) is 11.1 Å². The van der Waals surface area contributed by atoms with E-state index in [-0.39, 0.29) is 0 Å². The van der Waals surface area contributed by atoms with Crippen LogP contribution in [0.1, 0.15) is 29.8 Å². The fraction of sp³-hybridized carbons (Fsp3) is 0.273. The van der Waals surface area contributed by atoms with Crippen molar-refractivity contribution in [3.05, 3.63) is 41.0 Å². The molecule has 14 heavy (non-hydrogen) atoms. The van der Waals surface area contributed by atoms with Gasteiger partial charge in [-0.1, -0.05) is 24.3 Å². The lowest BCUT2D eigenvalue weighted by Gasteiger charge is -2.11. The molecule has 0 spiro atoms. The van der Waals surface area contributed by atoms with Gasteiger partial charge in [-0.2, -0.15) is 5.48 Å². The summed E-state index contributed by atoms with van der Waals surface area (Å²) in [6.45, 7) is 4.01. The summed E-state index contributed by atoms with van der Waals surface area (Å²) in [7, 11) is 0. The third-order valence-electron chi connectivity index (χ3n) is 2.15. The van der Waals surface area contributed by atoms with Crippen LogP contribution >= 0.6 is 0 Å². The highest BCUT2D eigenvalue weighted by molar-refractivity contribution is 5.54. The van der Waals surface area contributed by atoms with Crippen LogP contribution in [0.25, 0.3) is 6.08 Å². The minimum Gasteiger partial charge on any atom is -0.315 e. The van der Waals surface area contributed by atoms with Crippen LogP contribution in [-0.4, -0.2) is 5.21 Å². The van der Waals surface area contributed by atoms with Crippen LogP contribution in [0, 0.1) is 6.92 Å². The SMILES string of the molecule is C/C=C\c1cc(C(N)NO)ccc1C. The fourth-order valence-corrected chi connectivity index (χ4v) is 1.29. The van der Waals surface area contributed by atoms with Gasteiger partial charge < -0.3 is 10.9 Å². The molecule has 0 heterocycles. The van der Waals surface area contributed by atoms with Gasteiger partial charge in [0.1, 0.15) is 6.17 Å². The average molecular weight is 192 g/mol. The molecule has 3 heteroatoms. The molecule has 1 unspecified atom stereocenters. The summed E-state index contributed by atoms with van der Waals surface area (Å²) < 4.78 is 0. The second-order valence-corrected chi connectivity index (χ2v) is 3.22. The molecule has 0 saturated heterocycles. The van der Waals surface area contributed by atoms with E-state index in [2.05, 4.69) is 0 Å². The van der Waals surface area contributed by atoms with Gasteiger partial charge in [0.25, 0.3) is 0 Å². The monoisotopic (exact) mass is 192 g/mol. The third-order valence-corrected chi connectivity index (χ3v) is 2.15. The summed E-state index contributed by atoms with van der Waals surface area (Å²) in [5.74, 6) is 0. The summed E-state index contributed by atoms with van der Waals surface area (Å²) >= 11 is 0. The predicted octanol–water partition coefficient (Wildman–Crippen LogP) is 1.96. The van der Waals surface area contributed by atoms with Crippen molar-refractivity contribution in [2.75, 3.05) is 0 Å². The van der Waals surface area contributed by atoms with Crippen molar-refractivity contribution in [1.29, 1.82) is 0 Å². The molecule has 0 fully saturated rings. The first kappa shape index (κ1) is 10.9. The lowest BCUT2D eigenvalue weighted by atomic mass is 10.0. The standard InChI is InChI=1S/C11H16N2O/c1-3-4-9-7-10(11(12)13-14)6-5-8(9)2/h3-7,11,13-14H,12H2,1-2H3/b4-3-. The number of rotatable bonds is 3. The Morgan fingerprint density at radius 2 is 2.21 bits per heavy atom. The fourth-order valence-electron chi connectivity index (χ4n) is 1.29. The van der Waals surface area contributed by atoms with Crippen LogP contribution in [0.15, 0.2) is 24.3 Å². The maximum atomic E-state index is 8.69. The van der Waals surface area contributed by atoms with Gasteiger partial charge in [0, 0.05) is 0 Å². The first-order chi connectivity index (χ1) is 6.69. The molecule has 0 aliphatic carbocycles. The van der Waals surface area contributed by atoms with Crippen LogP contribution in [-0.2, 0) is 0 Å². The van der Waals surface area contributed by atoms with E-state index < -0.39 is 6.17 Å². The molecule has 1 aromatic rings. The van der Waals surface area contributed by atoms with Gasteiger partial charge in [0.2, 0.25) is 0 Å². The lowest BCUT2D eigenvalue weighted by molar-refractivity contribution is 0.128. The number of benzene rings is 1. The van der Waals surface area contributed by atoms with E-state index >= 15 is 0 Å². The number of nitrogens with one attached hydrogen (secondary N) is 1. The summed E-state index contributed by atoms with van der Waals surface area (Å²) in [6, 6.07) is 5.85. The zero-order chi connectivity index (χ0) is 10.6. The van der Waals surface area contributed by atoms with E-state index in [0.29, 0.717) is 0 Å². The Labute approximate surface area is 84.2 Å². The summed E-state index contributed by atoms with van der Waals surface area (Å²) in [5, 5.41) is 8.69. The smallest absolute Gasteiger partial charge is 0.104 e. The van der Waals surface area contributed by atoms with Crippen molar-refractivity contribution in [3.63, 3.8) is 0 Å². The van der Waals surface area contributed by atoms with E-state index in [1.165, 1.54) is 5.56 Å². The second kappa shape index (κ2) is 4.91. The van der Waals surface area contributed by atoms with Gasteiger partial charge in [-0.3, -0.25) is 0 Å². The van der Waals surface area contributed by atoms with E-state index in [4.69, 9.17) is 10.9 Å². The number of hydroxylamine groups is 1. The average Bonchev–Trinajstić information content (AvgIpc) is 2.20. The molecule has 0 aromatic heterocycles. The molecular weight excluding hydrogens is 176 g/mol. The maximum Gasteiger partial charge on any atom is 0.104 e. The van der Waals surface area contributed by atoms with Crippen LogP contribution in [0.3, 0.4) is 0 Å². The molecule has 1 rings (SSSR count). The van der Waals surface area contributed by atoms with Crippen molar-refractivity contribution in [2.24, 2.45) is 5.73 Å². The Balaban J connectivity index is 3.06. The second-order valence-electron chi connectivity index (χ2n) is 3.22. The largest absolute Gasteiger partial charge is 0.315 e. The minimum atomic E-state index is -0.528. The number of nitrogens with two attached hydrogens (primary N) is 1. The highest BCUT2D eigenvalue weighted by atomic mass is 16.5. The van der Waals surface area contributed by atoms with Gasteiger partial charge in [0.15, 0.2) is 0 Å². The first-order valence-electron chi connectivity index (χ1n) is 4.57. The van der Waals surface area contributed by atoms with Crippen molar-refractivity contribution in [2.45, 2.75) is 20.0 Å². The molecular formula is C11H16N2O. The normalized spacial score (nSPS) is 13.4. The van der Waals surface area contributed by atoms with Crippen LogP contribution < -0.4 is 11.2 Å². The van der Waals surface area contributed by atoms with E-state index in [1.54, 1.807) is 0 Å². The molecule has 0 bridgehead atoms. The lowest BCUT2D eigenvalue weighted by Crippen LogP contribution is -2.25. The Kier molecular flexibility index (Phi) is 3.83. The topological polar surface area (TPSA) is 58.3 Å². The van der Waals surface area contributed by atoms with Crippen LogP contribution in [0.2, 0.25) is 0 Å². The number of allylic oxidation sites excluding steroid dienone is 1. The molecule has 0 amide bonds. The van der Waals surface area contributed by atoms with E-state index in [1.807, 2.05) is 49.7 Å². The zero-order valence-electron chi connectivity index (χ0n) is 8.49. The molecule has 76 valence electrons. The Bertz CT molecular complexity index is 334. The third kappa shape index (κ3) is 2.42. The number of aryl methyl sites for hydroxylation is 1. The molecule has 1 aromatic carbocycles. The molecule has 4 N–H and O–H groups in total. The summed E-state index contributed by atoms with van der Waals surface area (Å²) in [5.41, 5.74) is 10.8. The highest BCUT2D eigenvalue weighted by Crippen LogP contribution is 2.15. The van der Waals surface area contributed by atoms with E-state index in [9.17, 15) is 0 Å². The molecule has 0 aliphatic heterocycles. The zero-order valence-corrected chi connectivity index (χ0v) is 8.49. The molecule has 0 aliphatic rings. The van der Waals surface area contributed by atoms with Crippen LogP contribution in [0.5, 0.6) is 0 Å². The van der Waals surface area contributed by atoms with Crippen molar-refractivity contribution in [1.82, 2.24) is 5.48 Å². The molecule has 0 radical (unpaired) electrons. The Hall–Kier alpha value is -1.16. The molecule has 0 saturated carbocycles. The van der Waals surface area contributed by atoms with Crippen LogP contribution in [0.4, 0.5) is 0 Å². The summed E-state index contributed by atoms with van der Waals surface area (Å²) in [4.78, 5) is 0. The van der Waals surface area contributed by atoms with Gasteiger partial charge in [-0.05, 0) is 36.6 Å². The molecule has 1 atom stereocenters. The summed E-state index contributed by atoms with van der Waals surface area (Å²) in [6.07, 6.45) is 3.46. The maximum absolute atomic E-state index is 8.69. The van der Waals surface area contributed by atoms with Crippen molar-refractivity contribution >= 4 is 6.08 Å². The van der Waals surface area contributed by atoms with Gasteiger partial charge >= 0.3 is 0 Å². The number of hydrogen-bond donors (Lipinski definition) is 3. The van der Waals surface area contributed by atoms with Gasteiger partial charge in [-0.25, -0.2) is 0 Å². The quantitative estimate of drug-likeness (QED) is 0.507. The van der Waals surface area contributed by atoms with Gasteiger partial charge in [-0.15, -0.1) is 0 Å². The van der Waals surface area contributed by atoms with Crippen molar-refractivity contribution < 1.29 is 5.21 Å². The van der Waals surface area contributed by atoms with Crippen molar-refractivity contribution in [3.8, 4) is 0 Å². The Morgan fingerprint density at radius 1 is 1.50 bits per heavy atom.